The fourth-order valence-corrected chi connectivity index (χ4v) is 2.81. The first-order chi connectivity index (χ1) is 11.0. The smallest absolute Gasteiger partial charge is 0.270 e. The third-order valence-corrected chi connectivity index (χ3v) is 4.03. The quantitative estimate of drug-likeness (QED) is 0.771. The summed E-state index contributed by atoms with van der Waals surface area (Å²) in [4.78, 5) is 11.6. The molecule has 0 bridgehead atoms. The van der Waals surface area contributed by atoms with Crippen molar-refractivity contribution < 1.29 is 4.79 Å². The molecule has 116 valence electrons. The number of amides is 1. The number of rotatable bonds is 3. The molecule has 0 saturated carbocycles. The van der Waals surface area contributed by atoms with Gasteiger partial charge in [-0.15, -0.1) is 0 Å². The Morgan fingerprint density at radius 1 is 1.13 bits per heavy atom. The molecule has 0 aliphatic rings. The predicted molar refractivity (Wildman–Crippen MR) is 92.3 cm³/mol. The monoisotopic (exact) mass is 345 g/mol. The van der Waals surface area contributed by atoms with Crippen LogP contribution in [0.5, 0.6) is 0 Å². The normalized spacial score (nSPS) is 10.7. The number of hydrogen-bond donors (Lipinski definition) is 1. The van der Waals surface area contributed by atoms with Gasteiger partial charge in [-0.3, -0.25) is 4.79 Å². The Bertz CT molecular complexity index is 885. The number of nitrogens with two attached hydrogens (primary N) is 1. The molecular weight excluding hydrogens is 333 g/mol. The molecule has 0 unspecified atom stereocenters. The van der Waals surface area contributed by atoms with Crippen molar-refractivity contribution in [2.45, 2.75) is 6.92 Å². The molecule has 1 heterocycles. The van der Waals surface area contributed by atoms with Crippen LogP contribution < -0.4 is 5.73 Å². The summed E-state index contributed by atoms with van der Waals surface area (Å²) in [6.45, 7) is 1.98. The maximum absolute atomic E-state index is 11.6. The fraction of sp³-hybridized carbons (Fsp3) is 0.0588. The van der Waals surface area contributed by atoms with E-state index in [-0.39, 0.29) is 10.7 Å². The van der Waals surface area contributed by atoms with Gasteiger partial charge in [-0.2, -0.15) is 5.10 Å². The summed E-state index contributed by atoms with van der Waals surface area (Å²) in [6.07, 6.45) is 0. The van der Waals surface area contributed by atoms with E-state index < -0.39 is 5.91 Å². The Hall–Kier alpha value is -2.30. The first-order valence-electron chi connectivity index (χ1n) is 6.88. The van der Waals surface area contributed by atoms with Gasteiger partial charge in [-0.25, -0.2) is 4.68 Å². The van der Waals surface area contributed by atoms with E-state index in [0.717, 1.165) is 16.8 Å². The zero-order valence-electron chi connectivity index (χ0n) is 12.3. The van der Waals surface area contributed by atoms with E-state index in [9.17, 15) is 4.79 Å². The predicted octanol–water partition coefficient (Wildman–Crippen LogP) is 4.25. The summed E-state index contributed by atoms with van der Waals surface area (Å²) in [5, 5.41) is 5.13. The van der Waals surface area contributed by atoms with Crippen LogP contribution in [0.2, 0.25) is 10.0 Å². The summed E-state index contributed by atoms with van der Waals surface area (Å²) in [5.41, 5.74) is 8.70. The highest BCUT2D eigenvalue weighted by Crippen LogP contribution is 2.33. The lowest BCUT2D eigenvalue weighted by Gasteiger charge is -2.09. The highest BCUT2D eigenvalue weighted by Gasteiger charge is 2.22. The zero-order valence-corrected chi connectivity index (χ0v) is 13.8. The summed E-state index contributed by atoms with van der Waals surface area (Å²) in [6, 6.07) is 14.9. The van der Waals surface area contributed by atoms with Crippen LogP contribution in [0.25, 0.3) is 16.9 Å². The number of nitrogens with zero attached hydrogens (tertiary/aromatic N) is 2. The van der Waals surface area contributed by atoms with Gasteiger partial charge in [-0.1, -0.05) is 47.0 Å². The lowest BCUT2D eigenvalue weighted by molar-refractivity contribution is 0.0995. The molecule has 0 aliphatic carbocycles. The van der Waals surface area contributed by atoms with Gasteiger partial charge in [0.05, 0.1) is 11.4 Å². The van der Waals surface area contributed by atoms with Crippen LogP contribution in [0.15, 0.2) is 48.5 Å². The van der Waals surface area contributed by atoms with Crippen LogP contribution in [-0.4, -0.2) is 15.7 Å². The van der Waals surface area contributed by atoms with Crippen LogP contribution in [0.3, 0.4) is 0 Å². The minimum Gasteiger partial charge on any atom is -0.364 e. The average Bonchev–Trinajstić information content (AvgIpc) is 2.85. The van der Waals surface area contributed by atoms with Crippen LogP contribution in [0, 0.1) is 6.92 Å². The van der Waals surface area contributed by atoms with Crippen molar-refractivity contribution in [2.75, 3.05) is 0 Å². The maximum atomic E-state index is 11.6. The SMILES string of the molecule is Cc1cccc(-c2c(Cl)c(C(N)=O)nn2-c2ccc(Cl)cc2)c1. The largest absolute Gasteiger partial charge is 0.364 e. The first-order valence-corrected chi connectivity index (χ1v) is 7.64. The van der Waals surface area contributed by atoms with Gasteiger partial charge in [0, 0.05) is 10.6 Å². The minimum atomic E-state index is -0.670. The molecule has 0 atom stereocenters. The molecule has 23 heavy (non-hydrogen) atoms. The van der Waals surface area contributed by atoms with E-state index >= 15 is 0 Å². The number of aryl methyl sites for hydroxylation is 1. The molecule has 0 spiro atoms. The minimum absolute atomic E-state index is 0.0399. The molecule has 1 aromatic heterocycles. The summed E-state index contributed by atoms with van der Waals surface area (Å²) in [7, 11) is 0. The van der Waals surface area contributed by atoms with E-state index in [2.05, 4.69) is 5.10 Å². The van der Waals surface area contributed by atoms with Crippen molar-refractivity contribution in [1.29, 1.82) is 0 Å². The number of carbonyl (C=O) groups excluding carboxylic acids is 1. The molecule has 1 amide bonds. The van der Waals surface area contributed by atoms with Gasteiger partial charge in [0.25, 0.3) is 5.91 Å². The van der Waals surface area contributed by atoms with Crippen LogP contribution >= 0.6 is 23.2 Å². The van der Waals surface area contributed by atoms with Crippen molar-refractivity contribution in [3.63, 3.8) is 0 Å². The summed E-state index contributed by atoms with van der Waals surface area (Å²) >= 11 is 12.3. The van der Waals surface area contributed by atoms with Gasteiger partial charge in [0.15, 0.2) is 5.69 Å². The second-order valence-electron chi connectivity index (χ2n) is 5.13. The molecule has 4 nitrogen and oxygen atoms in total. The Labute approximate surface area is 143 Å². The highest BCUT2D eigenvalue weighted by molar-refractivity contribution is 6.36. The fourth-order valence-electron chi connectivity index (χ4n) is 2.37. The number of hydrogen-bond acceptors (Lipinski definition) is 2. The van der Waals surface area contributed by atoms with Crippen LogP contribution in [0.1, 0.15) is 16.1 Å². The Morgan fingerprint density at radius 2 is 1.83 bits per heavy atom. The summed E-state index contributed by atoms with van der Waals surface area (Å²) in [5.74, 6) is -0.670. The molecule has 0 fully saturated rings. The molecule has 0 saturated heterocycles. The van der Waals surface area contributed by atoms with Gasteiger partial charge < -0.3 is 5.73 Å². The third-order valence-electron chi connectivity index (χ3n) is 3.42. The third kappa shape index (κ3) is 2.96. The van der Waals surface area contributed by atoms with Gasteiger partial charge >= 0.3 is 0 Å². The highest BCUT2D eigenvalue weighted by atomic mass is 35.5. The van der Waals surface area contributed by atoms with E-state index in [4.69, 9.17) is 28.9 Å². The number of halogens is 2. The van der Waals surface area contributed by atoms with Crippen molar-refractivity contribution in [3.8, 4) is 16.9 Å². The lowest BCUT2D eigenvalue weighted by Crippen LogP contribution is -2.12. The zero-order chi connectivity index (χ0) is 16.6. The molecule has 0 aliphatic heterocycles. The van der Waals surface area contributed by atoms with Crippen LogP contribution in [0.4, 0.5) is 0 Å². The van der Waals surface area contributed by atoms with Gasteiger partial charge in [-0.05, 0) is 37.3 Å². The topological polar surface area (TPSA) is 60.9 Å². The van der Waals surface area contributed by atoms with Crippen molar-refractivity contribution in [3.05, 3.63) is 69.8 Å². The van der Waals surface area contributed by atoms with Gasteiger partial charge in [0.1, 0.15) is 5.02 Å². The molecule has 0 radical (unpaired) electrons. The number of aromatic nitrogens is 2. The van der Waals surface area contributed by atoms with Crippen molar-refractivity contribution >= 4 is 29.1 Å². The standard InChI is InChI=1S/C17H13Cl2N3O/c1-10-3-2-4-11(9-10)16-14(19)15(17(20)23)21-22(16)13-7-5-12(18)6-8-13/h2-9H,1H3,(H2,20,23). The molecular formula is C17H13Cl2N3O. The Balaban J connectivity index is 2.28. The van der Waals surface area contributed by atoms with Crippen LogP contribution in [-0.2, 0) is 0 Å². The van der Waals surface area contributed by atoms with E-state index in [1.165, 1.54) is 0 Å². The molecule has 3 aromatic rings. The van der Waals surface area contributed by atoms with Crippen molar-refractivity contribution in [2.24, 2.45) is 5.73 Å². The second-order valence-corrected chi connectivity index (χ2v) is 5.95. The maximum Gasteiger partial charge on any atom is 0.270 e. The Kier molecular flexibility index (Phi) is 4.11. The average molecular weight is 346 g/mol. The van der Waals surface area contributed by atoms with Crippen molar-refractivity contribution in [1.82, 2.24) is 9.78 Å². The van der Waals surface area contributed by atoms with E-state index in [0.29, 0.717) is 10.7 Å². The van der Waals surface area contributed by atoms with E-state index in [1.54, 1.807) is 28.9 Å². The lowest BCUT2D eigenvalue weighted by atomic mass is 10.1. The second kappa shape index (κ2) is 6.07. The number of primary amides is 1. The molecule has 2 aromatic carbocycles. The van der Waals surface area contributed by atoms with E-state index in [1.807, 2.05) is 31.2 Å². The Morgan fingerprint density at radius 3 is 2.43 bits per heavy atom. The molecule has 6 heteroatoms. The molecule has 3 rings (SSSR count). The van der Waals surface area contributed by atoms with Gasteiger partial charge in [0.2, 0.25) is 0 Å². The summed E-state index contributed by atoms with van der Waals surface area (Å²) < 4.78 is 1.60. The first kappa shape index (κ1) is 15.6. The number of carbonyl (C=O) groups is 1. The molecule has 2 N–H and O–H groups in total. The number of benzene rings is 2.